The summed E-state index contributed by atoms with van der Waals surface area (Å²) in [6.45, 7) is 0. The number of hydrogen-bond donors (Lipinski definition) is 0. The Labute approximate surface area is 246 Å². The second kappa shape index (κ2) is 8.19. The van der Waals surface area contributed by atoms with Gasteiger partial charge in [0, 0.05) is 41.9 Å². The summed E-state index contributed by atoms with van der Waals surface area (Å²) in [6.07, 6.45) is 0. The van der Waals surface area contributed by atoms with Gasteiger partial charge in [-0.1, -0.05) is 109 Å². The summed E-state index contributed by atoms with van der Waals surface area (Å²) in [4.78, 5) is 0. The van der Waals surface area contributed by atoms with Crippen LogP contribution in [0.25, 0.3) is 91.8 Å². The van der Waals surface area contributed by atoms with E-state index in [0.29, 0.717) is 0 Å². The lowest BCUT2D eigenvalue weighted by Gasteiger charge is -2.17. The maximum atomic E-state index is 2.51. The number of rotatable bonds is 3. The molecule has 0 unspecified atom stereocenters. The number of benzene rings is 7. The Morgan fingerprint density at radius 3 is 1.88 bits per heavy atom. The molecule has 0 spiro atoms. The SMILES string of the molecule is c1ccc(-c2ccccc2-c2ccccc2-n2c3cccc4c3c3c5c(ccc6sc7cccc-4c7c65)ccc32)cc1. The first-order valence-electron chi connectivity index (χ1n) is 14.5. The third kappa shape index (κ3) is 2.82. The zero-order valence-electron chi connectivity index (χ0n) is 22.6. The second-order valence-electron chi connectivity index (χ2n) is 11.2. The molecular weight excluding hydrogens is 527 g/mol. The van der Waals surface area contributed by atoms with E-state index in [1.807, 2.05) is 11.3 Å². The van der Waals surface area contributed by atoms with Gasteiger partial charge in [0.1, 0.15) is 0 Å². The van der Waals surface area contributed by atoms with E-state index >= 15 is 0 Å². The number of hydrogen-bond acceptors (Lipinski definition) is 1. The number of fused-ring (bicyclic) bond motifs is 1. The van der Waals surface area contributed by atoms with Crippen molar-refractivity contribution in [3.8, 4) is 39.1 Å². The van der Waals surface area contributed by atoms with Gasteiger partial charge in [0.05, 0.1) is 16.7 Å². The van der Waals surface area contributed by atoms with Crippen LogP contribution >= 0.6 is 11.3 Å². The van der Waals surface area contributed by atoms with Gasteiger partial charge >= 0.3 is 0 Å². The third-order valence-electron chi connectivity index (χ3n) is 9.13. The highest BCUT2D eigenvalue weighted by molar-refractivity contribution is 7.26. The van der Waals surface area contributed by atoms with Crippen LogP contribution in [0.4, 0.5) is 0 Å². The van der Waals surface area contributed by atoms with Crippen molar-refractivity contribution in [3.05, 3.63) is 140 Å². The molecule has 1 aliphatic carbocycles. The fourth-order valence-corrected chi connectivity index (χ4v) is 8.60. The first-order valence-corrected chi connectivity index (χ1v) is 15.3. The van der Waals surface area contributed by atoms with Crippen LogP contribution in [0.5, 0.6) is 0 Å². The highest BCUT2D eigenvalue weighted by atomic mass is 32.1. The summed E-state index contributed by atoms with van der Waals surface area (Å²) in [5.74, 6) is 0. The number of aromatic nitrogens is 1. The van der Waals surface area contributed by atoms with E-state index in [-0.39, 0.29) is 0 Å². The highest BCUT2D eigenvalue weighted by Crippen LogP contribution is 2.52. The van der Waals surface area contributed by atoms with Gasteiger partial charge in [0.2, 0.25) is 0 Å². The first-order chi connectivity index (χ1) is 20.9. The molecule has 0 saturated carbocycles. The summed E-state index contributed by atoms with van der Waals surface area (Å²) < 4.78 is 5.24. The second-order valence-corrected chi connectivity index (χ2v) is 12.3. The van der Waals surface area contributed by atoms with Crippen LogP contribution < -0.4 is 0 Å². The van der Waals surface area contributed by atoms with Crippen LogP contribution in [0.15, 0.2) is 140 Å². The smallest absolute Gasteiger partial charge is 0.0548 e. The average molecular weight is 550 g/mol. The van der Waals surface area contributed by atoms with Crippen molar-refractivity contribution in [2.75, 3.05) is 0 Å². The lowest BCUT2D eigenvalue weighted by Crippen LogP contribution is -1.98. The van der Waals surface area contributed by atoms with E-state index in [4.69, 9.17) is 0 Å². The first kappa shape index (κ1) is 22.5. The van der Waals surface area contributed by atoms with Crippen LogP contribution in [0.1, 0.15) is 0 Å². The molecule has 2 heteroatoms. The van der Waals surface area contributed by atoms with Crippen LogP contribution in [-0.2, 0) is 0 Å². The summed E-state index contributed by atoms with van der Waals surface area (Å²) in [6, 6.07) is 51.4. The summed E-state index contributed by atoms with van der Waals surface area (Å²) in [7, 11) is 0. The van der Waals surface area contributed by atoms with E-state index in [2.05, 4.69) is 144 Å². The Morgan fingerprint density at radius 2 is 1.00 bits per heavy atom. The normalized spacial score (nSPS) is 12.3. The van der Waals surface area contributed by atoms with Crippen molar-refractivity contribution in [1.29, 1.82) is 0 Å². The predicted molar refractivity (Wildman–Crippen MR) is 181 cm³/mol. The van der Waals surface area contributed by atoms with E-state index < -0.39 is 0 Å². The lowest BCUT2D eigenvalue weighted by molar-refractivity contribution is 1.18. The zero-order valence-corrected chi connectivity index (χ0v) is 23.5. The summed E-state index contributed by atoms with van der Waals surface area (Å²) in [5, 5.41) is 8.23. The minimum absolute atomic E-state index is 1.20. The third-order valence-corrected chi connectivity index (χ3v) is 10.3. The van der Waals surface area contributed by atoms with Gasteiger partial charge in [-0.05, 0) is 63.5 Å². The van der Waals surface area contributed by atoms with Crippen LogP contribution in [0.3, 0.4) is 0 Å². The monoisotopic (exact) mass is 549 g/mol. The van der Waals surface area contributed by atoms with Gasteiger partial charge in [-0.2, -0.15) is 0 Å². The molecule has 0 amide bonds. The Hall–Kier alpha value is -5.18. The molecule has 42 heavy (non-hydrogen) atoms. The standard InChI is InChI=1S/C40H23NS/c1-2-10-24(11-3-1)26-12-4-5-13-27(26)28-14-6-7-17-31(28)41-32-18-8-15-29-30-16-9-19-34-38(30)40-35(42-34)23-21-25-20-22-33(41)39(36(25)40)37(29)32/h1-23H. The molecule has 1 aliphatic rings. The van der Waals surface area contributed by atoms with Crippen molar-refractivity contribution in [3.63, 3.8) is 0 Å². The van der Waals surface area contributed by atoms with Gasteiger partial charge in [-0.25, -0.2) is 0 Å². The van der Waals surface area contributed by atoms with Crippen molar-refractivity contribution < 1.29 is 0 Å². The molecule has 0 saturated heterocycles. The van der Waals surface area contributed by atoms with Crippen molar-refractivity contribution in [1.82, 2.24) is 4.57 Å². The lowest BCUT2D eigenvalue weighted by atomic mass is 9.93. The van der Waals surface area contributed by atoms with E-state index in [9.17, 15) is 0 Å². The summed E-state index contributed by atoms with van der Waals surface area (Å²) >= 11 is 1.91. The Bertz CT molecular complexity index is 2560. The quantitative estimate of drug-likeness (QED) is 0.207. The number of thiophene rings is 1. The van der Waals surface area contributed by atoms with E-state index in [1.54, 1.807) is 0 Å². The molecule has 0 aliphatic heterocycles. The molecule has 0 bridgehead atoms. The molecule has 10 rings (SSSR count). The van der Waals surface area contributed by atoms with Crippen molar-refractivity contribution in [2.45, 2.75) is 0 Å². The van der Waals surface area contributed by atoms with Gasteiger partial charge in [-0.15, -0.1) is 11.3 Å². The molecule has 0 radical (unpaired) electrons. The maximum Gasteiger partial charge on any atom is 0.0548 e. The van der Waals surface area contributed by atoms with Gasteiger partial charge < -0.3 is 4.57 Å². The number of nitrogens with zero attached hydrogens (tertiary/aromatic N) is 1. The fourth-order valence-electron chi connectivity index (χ4n) is 7.46. The predicted octanol–water partition coefficient (Wildman–Crippen LogP) is 11.6. The molecule has 2 aromatic heterocycles. The van der Waals surface area contributed by atoms with Crippen molar-refractivity contribution >= 4 is 64.1 Å². The largest absolute Gasteiger partial charge is 0.309 e. The molecule has 7 aromatic carbocycles. The highest BCUT2D eigenvalue weighted by Gasteiger charge is 2.26. The van der Waals surface area contributed by atoms with Gasteiger partial charge in [0.15, 0.2) is 0 Å². The minimum Gasteiger partial charge on any atom is -0.309 e. The maximum absolute atomic E-state index is 2.51. The van der Waals surface area contributed by atoms with Gasteiger partial charge in [0.25, 0.3) is 0 Å². The molecule has 1 nitrogen and oxygen atoms in total. The number of para-hydroxylation sites is 1. The van der Waals surface area contributed by atoms with Crippen LogP contribution in [-0.4, -0.2) is 4.57 Å². The minimum atomic E-state index is 1.20. The fraction of sp³-hybridized carbons (Fsp3) is 0. The van der Waals surface area contributed by atoms with E-state index in [0.717, 1.165) is 0 Å². The molecule has 194 valence electrons. The van der Waals surface area contributed by atoms with Crippen LogP contribution in [0, 0.1) is 0 Å². The van der Waals surface area contributed by atoms with Crippen molar-refractivity contribution in [2.24, 2.45) is 0 Å². The van der Waals surface area contributed by atoms with E-state index in [1.165, 1.54) is 91.8 Å². The zero-order chi connectivity index (χ0) is 27.4. The molecule has 0 atom stereocenters. The molecule has 0 N–H and O–H groups in total. The van der Waals surface area contributed by atoms with Gasteiger partial charge in [-0.3, -0.25) is 0 Å². The molecular formula is C40H23NS. The molecule has 2 heterocycles. The van der Waals surface area contributed by atoms with Crippen LogP contribution in [0.2, 0.25) is 0 Å². The Morgan fingerprint density at radius 1 is 0.357 bits per heavy atom. The average Bonchev–Trinajstić information content (AvgIpc) is 3.57. The topological polar surface area (TPSA) is 4.93 Å². The molecule has 9 aromatic rings. The molecule has 0 fully saturated rings. The summed E-state index contributed by atoms with van der Waals surface area (Å²) in [5.41, 5.74) is 11.3. The Balaban J connectivity index is 1.39. The Kier molecular flexibility index (Phi) is 4.39.